The summed E-state index contributed by atoms with van der Waals surface area (Å²) in [7, 11) is 0. The maximum Gasteiger partial charge on any atom is 0.0456 e. The van der Waals surface area contributed by atoms with E-state index < -0.39 is 0 Å². The molecule has 2 heteroatoms. The summed E-state index contributed by atoms with van der Waals surface area (Å²) in [5, 5.41) is 2.62. The van der Waals surface area contributed by atoms with Crippen LogP contribution >= 0.6 is 0 Å². The molecule has 0 unspecified atom stereocenters. The number of aromatic nitrogens is 2. The summed E-state index contributed by atoms with van der Waals surface area (Å²) in [5.41, 5.74) is 4.05. The van der Waals surface area contributed by atoms with Crippen molar-refractivity contribution in [3.05, 3.63) is 72.6 Å². The van der Waals surface area contributed by atoms with Crippen molar-refractivity contribution in [1.29, 1.82) is 0 Å². The quantitative estimate of drug-likeness (QED) is 0.363. The Hall–Kier alpha value is -2.48. The normalized spacial score (nSPS) is 10.7. The van der Waals surface area contributed by atoms with Gasteiger partial charge in [0.15, 0.2) is 0 Å². The fraction of sp³-hybridized carbons (Fsp3) is 0.273. The number of hydrogen-bond donors (Lipinski definition) is 2. The Labute approximate surface area is 144 Å². The molecule has 2 nitrogen and oxygen atoms in total. The second-order valence-corrected chi connectivity index (χ2v) is 6.56. The zero-order valence-corrected chi connectivity index (χ0v) is 15.4. The largest absolute Gasteiger partial charge is 0.361 e. The average Bonchev–Trinajstić information content (AvgIpc) is 3.23. The van der Waals surface area contributed by atoms with E-state index in [4.69, 9.17) is 0 Å². The third-order valence-corrected chi connectivity index (χ3v) is 3.86. The second kappa shape index (κ2) is 7.87. The van der Waals surface area contributed by atoms with Crippen molar-refractivity contribution in [2.75, 3.05) is 0 Å². The second-order valence-electron chi connectivity index (χ2n) is 6.56. The summed E-state index contributed by atoms with van der Waals surface area (Å²) in [6.45, 7) is 10.7. The lowest BCUT2D eigenvalue weighted by atomic mass is 9.87. The highest BCUT2D eigenvalue weighted by atomic mass is 14.7. The van der Waals surface area contributed by atoms with Gasteiger partial charge < -0.3 is 9.97 Å². The maximum absolute atomic E-state index is 3.29. The molecule has 0 atom stereocenters. The molecule has 0 aliphatic carbocycles. The number of aromatic amines is 2. The third kappa shape index (κ3) is 4.08. The molecule has 2 aromatic heterocycles. The predicted molar refractivity (Wildman–Crippen MR) is 107 cm³/mol. The first-order chi connectivity index (χ1) is 11.6. The molecule has 0 spiro atoms. The van der Waals surface area contributed by atoms with Crippen molar-refractivity contribution >= 4 is 21.8 Å². The van der Waals surface area contributed by atoms with Crippen LogP contribution in [0.1, 0.15) is 40.2 Å². The molecule has 0 aliphatic rings. The minimum atomic E-state index is 0.222. The van der Waals surface area contributed by atoms with Crippen LogP contribution < -0.4 is 0 Å². The highest BCUT2D eigenvalue weighted by molar-refractivity contribution is 5.84. The molecule has 0 saturated heterocycles. The lowest BCUT2D eigenvalue weighted by Crippen LogP contribution is -2.09. The minimum Gasteiger partial charge on any atom is -0.361 e. The molecule has 126 valence electrons. The molecule has 2 aromatic carbocycles. The van der Waals surface area contributed by atoms with Gasteiger partial charge in [0, 0.05) is 28.8 Å². The van der Waals surface area contributed by atoms with E-state index in [0.717, 1.165) is 0 Å². The molecule has 0 saturated carbocycles. The Morgan fingerprint density at radius 2 is 1.33 bits per heavy atom. The highest BCUT2D eigenvalue weighted by Crippen LogP contribution is 2.29. The van der Waals surface area contributed by atoms with E-state index in [2.05, 4.69) is 79.4 Å². The van der Waals surface area contributed by atoms with Gasteiger partial charge in [-0.05, 0) is 34.6 Å². The van der Waals surface area contributed by atoms with Crippen molar-refractivity contribution in [1.82, 2.24) is 9.97 Å². The van der Waals surface area contributed by atoms with Crippen molar-refractivity contribution in [3.63, 3.8) is 0 Å². The van der Waals surface area contributed by atoms with Crippen LogP contribution in [0.25, 0.3) is 21.8 Å². The van der Waals surface area contributed by atoms with Crippen molar-refractivity contribution in [3.8, 4) is 0 Å². The number of rotatable bonds is 0. The molecule has 0 radical (unpaired) electrons. The van der Waals surface area contributed by atoms with Crippen LogP contribution in [0.5, 0.6) is 0 Å². The van der Waals surface area contributed by atoms with E-state index in [1.54, 1.807) is 0 Å². The Bertz CT molecular complexity index is 845. The first kappa shape index (κ1) is 17.9. The molecule has 4 aromatic rings. The SMILES string of the molecule is CC.CC(C)(C)c1c[nH]c2ccccc12.c1ccc2[nH]ccc2c1. The summed E-state index contributed by atoms with van der Waals surface area (Å²) in [4.78, 5) is 6.41. The molecule has 0 amide bonds. The summed E-state index contributed by atoms with van der Waals surface area (Å²) in [6, 6.07) is 18.7. The van der Waals surface area contributed by atoms with Gasteiger partial charge >= 0.3 is 0 Å². The average molecular weight is 320 g/mol. The number of para-hydroxylation sites is 2. The summed E-state index contributed by atoms with van der Waals surface area (Å²) in [6.07, 6.45) is 4.06. The molecule has 2 N–H and O–H groups in total. The smallest absolute Gasteiger partial charge is 0.0456 e. The predicted octanol–water partition coefficient (Wildman–Crippen LogP) is 6.66. The van der Waals surface area contributed by atoms with Gasteiger partial charge in [-0.1, -0.05) is 71.0 Å². The molecule has 2 heterocycles. The Balaban J connectivity index is 0.000000165. The summed E-state index contributed by atoms with van der Waals surface area (Å²) in [5.74, 6) is 0. The van der Waals surface area contributed by atoms with Crippen LogP contribution in [0.2, 0.25) is 0 Å². The number of nitrogens with one attached hydrogen (secondary N) is 2. The molecular weight excluding hydrogens is 292 g/mol. The first-order valence-electron chi connectivity index (χ1n) is 8.64. The van der Waals surface area contributed by atoms with Crippen molar-refractivity contribution < 1.29 is 0 Å². The van der Waals surface area contributed by atoms with Gasteiger partial charge in [0.25, 0.3) is 0 Å². The lowest BCUT2D eigenvalue weighted by molar-refractivity contribution is 0.596. The first-order valence-corrected chi connectivity index (χ1v) is 8.64. The van der Waals surface area contributed by atoms with E-state index in [9.17, 15) is 0 Å². The van der Waals surface area contributed by atoms with Gasteiger partial charge in [0.2, 0.25) is 0 Å². The topological polar surface area (TPSA) is 31.6 Å². The van der Waals surface area contributed by atoms with Gasteiger partial charge in [0.05, 0.1) is 0 Å². The number of hydrogen-bond acceptors (Lipinski definition) is 0. The summed E-state index contributed by atoms with van der Waals surface area (Å²) >= 11 is 0. The van der Waals surface area contributed by atoms with Crippen LogP contribution in [0.3, 0.4) is 0 Å². The third-order valence-electron chi connectivity index (χ3n) is 3.86. The van der Waals surface area contributed by atoms with Gasteiger partial charge in [0.1, 0.15) is 0 Å². The fourth-order valence-corrected chi connectivity index (χ4v) is 2.69. The van der Waals surface area contributed by atoms with E-state index in [1.165, 1.54) is 27.4 Å². The maximum atomic E-state index is 3.29. The van der Waals surface area contributed by atoms with E-state index in [1.807, 2.05) is 32.2 Å². The molecule has 0 bridgehead atoms. The Morgan fingerprint density at radius 3 is 2.00 bits per heavy atom. The van der Waals surface area contributed by atoms with Gasteiger partial charge in [-0.15, -0.1) is 0 Å². The van der Waals surface area contributed by atoms with E-state index in [0.29, 0.717) is 0 Å². The fourth-order valence-electron chi connectivity index (χ4n) is 2.69. The van der Waals surface area contributed by atoms with Crippen molar-refractivity contribution in [2.24, 2.45) is 0 Å². The molecular formula is C22H28N2. The van der Waals surface area contributed by atoms with Crippen LogP contribution in [0.4, 0.5) is 0 Å². The Morgan fingerprint density at radius 1 is 0.708 bits per heavy atom. The zero-order valence-electron chi connectivity index (χ0n) is 15.4. The van der Waals surface area contributed by atoms with Gasteiger partial charge in [-0.3, -0.25) is 0 Å². The number of benzene rings is 2. The molecule has 0 fully saturated rings. The van der Waals surface area contributed by atoms with E-state index >= 15 is 0 Å². The molecule has 0 aliphatic heterocycles. The number of H-pyrrole nitrogens is 2. The van der Waals surface area contributed by atoms with Gasteiger partial charge in [-0.2, -0.15) is 0 Å². The highest BCUT2D eigenvalue weighted by Gasteiger charge is 2.17. The van der Waals surface area contributed by atoms with Crippen molar-refractivity contribution in [2.45, 2.75) is 40.0 Å². The Kier molecular flexibility index (Phi) is 5.86. The van der Waals surface area contributed by atoms with Crippen LogP contribution in [-0.4, -0.2) is 9.97 Å². The molecule has 4 rings (SSSR count). The van der Waals surface area contributed by atoms with Gasteiger partial charge in [-0.25, -0.2) is 0 Å². The molecule has 24 heavy (non-hydrogen) atoms. The van der Waals surface area contributed by atoms with Crippen LogP contribution in [-0.2, 0) is 5.41 Å². The summed E-state index contributed by atoms with van der Waals surface area (Å²) < 4.78 is 0. The van der Waals surface area contributed by atoms with Crippen LogP contribution in [0.15, 0.2) is 67.0 Å². The lowest BCUT2D eigenvalue weighted by Gasteiger charge is -2.17. The standard InChI is InChI=1S/C12H15N.C8H7N.C2H6/c1-12(2,3)10-8-13-11-7-5-4-6-9(10)11;1-2-4-8-7(3-1)5-6-9-8;1-2/h4-8,13H,1-3H3;1-6,9H;1-2H3. The number of fused-ring (bicyclic) bond motifs is 2. The zero-order chi connectivity index (χ0) is 17.6. The minimum absolute atomic E-state index is 0.222. The van der Waals surface area contributed by atoms with E-state index in [-0.39, 0.29) is 5.41 Å². The monoisotopic (exact) mass is 320 g/mol. The van der Waals surface area contributed by atoms with Crippen LogP contribution in [0, 0.1) is 0 Å².